The van der Waals surface area contributed by atoms with Crippen LogP contribution in [-0.4, -0.2) is 22.2 Å². The van der Waals surface area contributed by atoms with E-state index in [2.05, 4.69) is 10.3 Å². The molecule has 2 aromatic rings. The van der Waals surface area contributed by atoms with Crippen LogP contribution in [0.2, 0.25) is 0 Å². The van der Waals surface area contributed by atoms with Gasteiger partial charge >= 0.3 is 0 Å². The predicted octanol–water partition coefficient (Wildman–Crippen LogP) is 2.02. The summed E-state index contributed by atoms with van der Waals surface area (Å²) in [6.07, 6.45) is 0. The van der Waals surface area contributed by atoms with E-state index >= 15 is 0 Å². The topological polar surface area (TPSA) is 65.1 Å². The molecule has 0 aliphatic rings. The fourth-order valence-corrected chi connectivity index (χ4v) is 1.98. The SMILES string of the molecule is CC(C)C(C)(O)CNCc1cc2ccccc2[nH]c1=O. The molecular formula is C16H22N2O2. The smallest absolute Gasteiger partial charge is 0.252 e. The summed E-state index contributed by atoms with van der Waals surface area (Å²) in [5.41, 5.74) is 0.669. The zero-order chi connectivity index (χ0) is 14.8. The first-order chi connectivity index (χ1) is 9.40. The van der Waals surface area contributed by atoms with Gasteiger partial charge in [-0.25, -0.2) is 0 Å². The molecule has 2 rings (SSSR count). The van der Waals surface area contributed by atoms with Gasteiger partial charge in [0.05, 0.1) is 5.60 Å². The lowest BCUT2D eigenvalue weighted by atomic mass is 9.92. The first-order valence-corrected chi connectivity index (χ1v) is 6.94. The molecule has 0 fully saturated rings. The van der Waals surface area contributed by atoms with Crippen LogP contribution in [0.3, 0.4) is 0 Å². The van der Waals surface area contributed by atoms with Crippen molar-refractivity contribution in [2.24, 2.45) is 5.92 Å². The maximum absolute atomic E-state index is 12.0. The monoisotopic (exact) mass is 274 g/mol. The molecule has 1 heterocycles. The molecule has 0 radical (unpaired) electrons. The Morgan fingerprint density at radius 3 is 2.75 bits per heavy atom. The summed E-state index contributed by atoms with van der Waals surface area (Å²) in [4.78, 5) is 14.8. The Morgan fingerprint density at radius 2 is 2.05 bits per heavy atom. The van der Waals surface area contributed by atoms with Gasteiger partial charge in [-0.2, -0.15) is 0 Å². The van der Waals surface area contributed by atoms with Gasteiger partial charge in [0.15, 0.2) is 0 Å². The van der Waals surface area contributed by atoms with Crippen molar-refractivity contribution in [2.45, 2.75) is 32.9 Å². The van der Waals surface area contributed by atoms with Gasteiger partial charge in [-0.05, 0) is 30.4 Å². The van der Waals surface area contributed by atoms with Gasteiger partial charge in [0.1, 0.15) is 0 Å². The van der Waals surface area contributed by atoms with Crippen molar-refractivity contribution >= 4 is 10.9 Å². The van der Waals surface area contributed by atoms with E-state index < -0.39 is 5.60 Å². The van der Waals surface area contributed by atoms with Crippen LogP contribution in [0.25, 0.3) is 10.9 Å². The number of fused-ring (bicyclic) bond motifs is 1. The predicted molar refractivity (Wildman–Crippen MR) is 81.7 cm³/mol. The Morgan fingerprint density at radius 1 is 1.35 bits per heavy atom. The number of aromatic amines is 1. The van der Waals surface area contributed by atoms with E-state index in [-0.39, 0.29) is 11.5 Å². The van der Waals surface area contributed by atoms with E-state index in [1.54, 1.807) is 6.92 Å². The Hall–Kier alpha value is -1.65. The number of hydrogen-bond acceptors (Lipinski definition) is 3. The Bertz CT molecular complexity index is 644. The minimum atomic E-state index is -0.774. The highest BCUT2D eigenvalue weighted by Crippen LogP contribution is 2.15. The summed E-state index contributed by atoms with van der Waals surface area (Å²) in [6.45, 7) is 6.66. The number of hydrogen-bond donors (Lipinski definition) is 3. The molecule has 4 heteroatoms. The molecule has 0 saturated carbocycles. The van der Waals surface area contributed by atoms with E-state index in [9.17, 15) is 9.90 Å². The van der Waals surface area contributed by atoms with Crippen molar-refractivity contribution < 1.29 is 5.11 Å². The second kappa shape index (κ2) is 5.77. The second-order valence-corrected chi connectivity index (χ2v) is 5.83. The lowest BCUT2D eigenvalue weighted by Crippen LogP contribution is -2.42. The molecule has 1 aromatic heterocycles. The number of H-pyrrole nitrogens is 1. The number of pyridine rings is 1. The normalized spacial score (nSPS) is 14.7. The lowest BCUT2D eigenvalue weighted by molar-refractivity contribution is 0.0139. The Kier molecular flexibility index (Phi) is 4.26. The van der Waals surface area contributed by atoms with Crippen LogP contribution in [0.15, 0.2) is 35.1 Å². The number of nitrogens with one attached hydrogen (secondary N) is 2. The van der Waals surface area contributed by atoms with Gasteiger partial charge in [-0.1, -0.05) is 32.0 Å². The van der Waals surface area contributed by atoms with Gasteiger partial charge in [-0.15, -0.1) is 0 Å². The van der Waals surface area contributed by atoms with Crippen LogP contribution in [0, 0.1) is 5.92 Å². The largest absolute Gasteiger partial charge is 0.389 e. The van der Waals surface area contributed by atoms with E-state index in [0.717, 1.165) is 10.9 Å². The van der Waals surface area contributed by atoms with E-state index in [4.69, 9.17) is 0 Å². The molecule has 0 saturated heterocycles. The Balaban J connectivity index is 2.11. The Labute approximate surface area is 118 Å². The summed E-state index contributed by atoms with van der Waals surface area (Å²) >= 11 is 0. The number of aliphatic hydroxyl groups is 1. The average molecular weight is 274 g/mol. The molecule has 0 spiro atoms. The summed E-state index contributed by atoms with van der Waals surface area (Å²) < 4.78 is 0. The van der Waals surface area contributed by atoms with Gasteiger partial charge in [0.25, 0.3) is 5.56 Å². The molecule has 0 bridgehead atoms. The minimum absolute atomic E-state index is 0.0830. The molecule has 4 nitrogen and oxygen atoms in total. The lowest BCUT2D eigenvalue weighted by Gasteiger charge is -2.27. The maximum atomic E-state index is 12.0. The van der Waals surface area contributed by atoms with E-state index in [1.165, 1.54) is 0 Å². The quantitative estimate of drug-likeness (QED) is 0.781. The van der Waals surface area contributed by atoms with Crippen molar-refractivity contribution in [3.8, 4) is 0 Å². The number of aromatic nitrogens is 1. The van der Waals surface area contributed by atoms with Gasteiger partial charge in [0.2, 0.25) is 0 Å². The molecule has 1 unspecified atom stereocenters. The van der Waals surface area contributed by atoms with Gasteiger partial charge < -0.3 is 15.4 Å². The third-order valence-electron chi connectivity index (χ3n) is 3.87. The van der Waals surface area contributed by atoms with Crippen molar-refractivity contribution in [1.29, 1.82) is 0 Å². The molecule has 0 amide bonds. The van der Waals surface area contributed by atoms with Crippen LogP contribution in [0.4, 0.5) is 0 Å². The summed E-state index contributed by atoms with van der Waals surface area (Å²) in [5, 5.41) is 14.3. The fourth-order valence-electron chi connectivity index (χ4n) is 1.98. The maximum Gasteiger partial charge on any atom is 0.252 e. The molecular weight excluding hydrogens is 252 g/mol. The van der Waals surface area contributed by atoms with Crippen molar-refractivity contribution in [2.75, 3.05) is 6.54 Å². The second-order valence-electron chi connectivity index (χ2n) is 5.83. The van der Waals surface area contributed by atoms with Gasteiger partial charge in [-0.3, -0.25) is 4.79 Å². The summed E-state index contributed by atoms with van der Waals surface area (Å²) in [5.74, 6) is 0.157. The van der Waals surface area contributed by atoms with Crippen molar-refractivity contribution in [3.63, 3.8) is 0 Å². The van der Waals surface area contributed by atoms with Gasteiger partial charge in [0, 0.05) is 24.2 Å². The molecule has 108 valence electrons. The highest BCUT2D eigenvalue weighted by molar-refractivity contribution is 5.78. The highest BCUT2D eigenvalue weighted by atomic mass is 16.3. The molecule has 0 aliphatic carbocycles. The minimum Gasteiger partial charge on any atom is -0.389 e. The molecule has 0 aliphatic heterocycles. The molecule has 20 heavy (non-hydrogen) atoms. The average Bonchev–Trinajstić information content (AvgIpc) is 2.39. The zero-order valence-electron chi connectivity index (χ0n) is 12.2. The summed E-state index contributed by atoms with van der Waals surface area (Å²) in [6, 6.07) is 9.60. The molecule has 1 aromatic carbocycles. The molecule has 1 atom stereocenters. The van der Waals surface area contributed by atoms with Crippen LogP contribution >= 0.6 is 0 Å². The molecule has 3 N–H and O–H groups in total. The number of para-hydroxylation sites is 1. The van der Waals surface area contributed by atoms with Crippen LogP contribution in [0.1, 0.15) is 26.3 Å². The first-order valence-electron chi connectivity index (χ1n) is 6.94. The fraction of sp³-hybridized carbons (Fsp3) is 0.438. The third-order valence-corrected chi connectivity index (χ3v) is 3.87. The van der Waals surface area contributed by atoms with Crippen LogP contribution in [0.5, 0.6) is 0 Å². The first kappa shape index (κ1) is 14.8. The number of rotatable bonds is 5. The van der Waals surface area contributed by atoms with E-state index in [1.807, 2.05) is 44.2 Å². The number of benzene rings is 1. The van der Waals surface area contributed by atoms with Crippen molar-refractivity contribution in [3.05, 3.63) is 46.2 Å². The van der Waals surface area contributed by atoms with Crippen LogP contribution < -0.4 is 10.9 Å². The van der Waals surface area contributed by atoms with Crippen molar-refractivity contribution in [1.82, 2.24) is 10.3 Å². The third kappa shape index (κ3) is 3.26. The highest BCUT2D eigenvalue weighted by Gasteiger charge is 2.24. The van der Waals surface area contributed by atoms with E-state index in [0.29, 0.717) is 18.7 Å². The van der Waals surface area contributed by atoms with Crippen LogP contribution in [-0.2, 0) is 6.54 Å². The zero-order valence-corrected chi connectivity index (χ0v) is 12.2. The summed E-state index contributed by atoms with van der Waals surface area (Å²) in [7, 11) is 0. The standard InChI is InChI=1S/C16H22N2O2/c1-11(2)16(3,20)10-17-9-13-8-12-6-4-5-7-14(12)18-15(13)19/h4-8,11,17,20H,9-10H2,1-3H3,(H,18,19).